The summed E-state index contributed by atoms with van der Waals surface area (Å²) < 4.78 is 42.2. The fourth-order valence-electron chi connectivity index (χ4n) is 6.55. The molecule has 2 saturated heterocycles. The normalized spacial score (nSPS) is 23.6. The van der Waals surface area contributed by atoms with Gasteiger partial charge in [0.25, 0.3) is 0 Å². The van der Waals surface area contributed by atoms with Crippen molar-refractivity contribution in [3.63, 3.8) is 0 Å². The van der Waals surface area contributed by atoms with Crippen LogP contribution in [0.3, 0.4) is 0 Å². The van der Waals surface area contributed by atoms with Gasteiger partial charge in [-0.05, 0) is 54.7 Å². The lowest BCUT2D eigenvalue weighted by atomic mass is 10.1. The molecule has 12 nitrogen and oxygen atoms in total. The molecule has 0 aromatic carbocycles. The molecule has 0 amide bonds. The van der Waals surface area contributed by atoms with E-state index in [1.54, 1.807) is 10.7 Å². The Morgan fingerprint density at radius 1 is 0.961 bits per heavy atom. The van der Waals surface area contributed by atoms with Crippen LogP contribution in [-0.2, 0) is 38.8 Å². The minimum absolute atomic E-state index is 0.0816. The van der Waals surface area contributed by atoms with Crippen LogP contribution < -0.4 is 9.47 Å². The zero-order valence-corrected chi connectivity index (χ0v) is 34.0. The summed E-state index contributed by atoms with van der Waals surface area (Å²) in [6, 6.07) is 5.36. The number of pyridine rings is 2. The maximum atomic E-state index is 6.81. The molecule has 0 bridgehead atoms. The van der Waals surface area contributed by atoms with Crippen molar-refractivity contribution in [2.45, 2.75) is 115 Å². The monoisotopic (exact) mass is 754 g/mol. The molecule has 7 rings (SSSR count). The quantitative estimate of drug-likeness (QED) is 0.109. The lowest BCUT2D eigenvalue weighted by Gasteiger charge is -2.39. The molecule has 1 aliphatic carbocycles. The summed E-state index contributed by atoms with van der Waals surface area (Å²) in [6.45, 7) is 19.9. The van der Waals surface area contributed by atoms with Gasteiger partial charge in [-0.2, -0.15) is 15.1 Å². The molecule has 15 heteroatoms. The Kier molecular flexibility index (Phi) is 9.91. The molecule has 4 aromatic heterocycles. The SMILES string of the molecule is Cn1cc(-c2cnc3c(c2)CCC3Oc2nc3c(cc2Cl)nc(O[C@@H]2CO[C@H]4[C@@H]2OC[C@H]4O[Si](C)(C)C(C)(C)C)n3COCC[Si](C)(C)C)cn1. The number of halogens is 1. The smallest absolute Gasteiger partial charge is 0.301 e. The van der Waals surface area contributed by atoms with Gasteiger partial charge in [-0.15, -0.1) is 0 Å². The number of nitrogens with zero attached hydrogens (tertiary/aromatic N) is 6. The van der Waals surface area contributed by atoms with Crippen molar-refractivity contribution in [2.24, 2.45) is 7.05 Å². The highest BCUT2D eigenvalue weighted by Gasteiger charge is 2.52. The summed E-state index contributed by atoms with van der Waals surface area (Å²) in [5.41, 5.74) is 5.27. The number of aryl methyl sites for hydroxylation is 2. The van der Waals surface area contributed by atoms with Gasteiger partial charge in [0.1, 0.15) is 35.6 Å². The summed E-state index contributed by atoms with van der Waals surface area (Å²) in [5.74, 6) is 0.323. The van der Waals surface area contributed by atoms with Crippen LogP contribution in [0, 0.1) is 0 Å². The van der Waals surface area contributed by atoms with Gasteiger partial charge in [-0.25, -0.2) is 0 Å². The molecule has 1 unspecified atom stereocenters. The highest BCUT2D eigenvalue weighted by Crippen LogP contribution is 2.42. The van der Waals surface area contributed by atoms with Gasteiger partial charge >= 0.3 is 6.01 Å². The molecule has 0 saturated carbocycles. The molecule has 0 spiro atoms. The van der Waals surface area contributed by atoms with Crippen molar-refractivity contribution in [3.05, 3.63) is 47.0 Å². The second-order valence-corrected chi connectivity index (χ2v) is 27.6. The molecule has 0 radical (unpaired) electrons. The summed E-state index contributed by atoms with van der Waals surface area (Å²) in [4.78, 5) is 14.6. The molecule has 5 atom stereocenters. The highest BCUT2D eigenvalue weighted by atomic mass is 35.5. The third-order valence-corrected chi connectivity index (χ3v) is 17.0. The number of ether oxygens (including phenoxy) is 5. The predicted octanol–water partition coefficient (Wildman–Crippen LogP) is 7.19. The zero-order chi connectivity index (χ0) is 36.3. The fraction of sp³-hybridized carbons (Fsp3) is 0.611. The van der Waals surface area contributed by atoms with Crippen molar-refractivity contribution in [1.29, 1.82) is 0 Å². The maximum absolute atomic E-state index is 6.81. The van der Waals surface area contributed by atoms with Crippen molar-refractivity contribution >= 4 is 39.2 Å². The van der Waals surface area contributed by atoms with Crippen LogP contribution in [0.15, 0.2) is 30.7 Å². The molecule has 3 aliphatic rings. The molecule has 0 N–H and O–H groups in total. The van der Waals surface area contributed by atoms with Crippen molar-refractivity contribution in [2.75, 3.05) is 19.8 Å². The highest BCUT2D eigenvalue weighted by molar-refractivity contribution is 6.76. The van der Waals surface area contributed by atoms with E-state index in [1.807, 2.05) is 30.2 Å². The van der Waals surface area contributed by atoms with E-state index < -0.39 is 16.4 Å². The van der Waals surface area contributed by atoms with Crippen molar-refractivity contribution < 1.29 is 28.1 Å². The Morgan fingerprint density at radius 3 is 2.41 bits per heavy atom. The number of fused-ring (bicyclic) bond motifs is 3. The van der Waals surface area contributed by atoms with Crippen LogP contribution in [0.25, 0.3) is 22.3 Å². The Hall–Kier alpha value is -2.86. The molecule has 6 heterocycles. The minimum atomic E-state index is -2.02. The Balaban J connectivity index is 1.12. The molecule has 2 aliphatic heterocycles. The second-order valence-electron chi connectivity index (χ2n) is 16.8. The average molecular weight is 755 g/mol. The fourth-order valence-corrected chi connectivity index (χ4v) is 8.80. The third kappa shape index (κ3) is 7.64. The van der Waals surface area contributed by atoms with Gasteiger partial charge in [0, 0.05) is 45.2 Å². The minimum Gasteiger partial charge on any atom is -0.467 e. The van der Waals surface area contributed by atoms with Crippen molar-refractivity contribution in [3.8, 4) is 23.0 Å². The van der Waals surface area contributed by atoms with Crippen LogP contribution >= 0.6 is 11.6 Å². The van der Waals surface area contributed by atoms with Crippen LogP contribution in [0.1, 0.15) is 44.6 Å². The lowest BCUT2D eigenvalue weighted by Crippen LogP contribution is -2.47. The summed E-state index contributed by atoms with van der Waals surface area (Å²) in [7, 11) is -1.41. The van der Waals surface area contributed by atoms with E-state index in [1.165, 1.54) is 0 Å². The van der Waals surface area contributed by atoms with E-state index in [0.717, 1.165) is 41.3 Å². The summed E-state index contributed by atoms with van der Waals surface area (Å²) >= 11 is 6.81. The van der Waals surface area contributed by atoms with E-state index in [9.17, 15) is 0 Å². The average Bonchev–Trinajstić information content (AvgIpc) is 3.87. The first-order valence-corrected chi connectivity index (χ1v) is 24.9. The van der Waals surface area contributed by atoms with Crippen LogP contribution in [0.2, 0.25) is 48.8 Å². The Morgan fingerprint density at radius 2 is 1.71 bits per heavy atom. The van der Waals surface area contributed by atoms with Crippen LogP contribution in [-0.4, -0.2) is 89.9 Å². The van der Waals surface area contributed by atoms with E-state index in [0.29, 0.717) is 47.9 Å². The molecule has 2 fully saturated rings. The third-order valence-electron chi connectivity index (χ3n) is 10.6. The van der Waals surface area contributed by atoms with E-state index >= 15 is 0 Å². The molecule has 4 aromatic rings. The van der Waals surface area contributed by atoms with E-state index in [2.05, 4.69) is 64.7 Å². The molecule has 51 heavy (non-hydrogen) atoms. The first-order chi connectivity index (χ1) is 24.1. The number of rotatable bonds is 12. The number of hydrogen-bond donors (Lipinski definition) is 0. The van der Waals surface area contributed by atoms with Gasteiger partial charge in [0.05, 0.1) is 31.2 Å². The Labute approximate surface area is 307 Å². The predicted molar refractivity (Wildman–Crippen MR) is 201 cm³/mol. The van der Waals surface area contributed by atoms with Gasteiger partial charge in [0.2, 0.25) is 5.88 Å². The Bertz CT molecular complexity index is 1890. The molecular weight excluding hydrogens is 704 g/mol. The molecular formula is C36H51ClN6O6Si2. The maximum Gasteiger partial charge on any atom is 0.301 e. The van der Waals surface area contributed by atoms with Gasteiger partial charge in [-0.1, -0.05) is 52.0 Å². The zero-order valence-electron chi connectivity index (χ0n) is 31.2. The standard InChI is InChI=1S/C36H51ClN6O6Si2/c1-36(2,3)51(8,9)49-29-20-46-31-28(19-45-32(29)31)48-35-40-26-15-25(37)34(41-33(26)43(35)21-44-12-13-50(5,6)7)47-27-11-10-22-14-23(16-38-30(22)27)24-17-39-42(4)18-24/h14-18,27-29,31-32H,10-13,19-21H2,1-9H3/t27?,28-,29-,31-,32-/m1/s1. The van der Waals surface area contributed by atoms with Crippen molar-refractivity contribution in [1.82, 2.24) is 29.3 Å². The van der Waals surface area contributed by atoms with E-state index in [-0.39, 0.29) is 42.3 Å². The van der Waals surface area contributed by atoms with Crippen LogP contribution in [0.4, 0.5) is 0 Å². The van der Waals surface area contributed by atoms with Gasteiger partial charge < -0.3 is 28.1 Å². The number of hydrogen-bond acceptors (Lipinski definition) is 10. The van der Waals surface area contributed by atoms with Crippen LogP contribution in [0.5, 0.6) is 11.9 Å². The summed E-state index contributed by atoms with van der Waals surface area (Å²) in [5, 5.41) is 4.75. The molecule has 276 valence electrons. The first kappa shape index (κ1) is 36.5. The first-order valence-electron chi connectivity index (χ1n) is 17.9. The number of aromatic nitrogens is 6. The van der Waals surface area contributed by atoms with Gasteiger partial charge in [-0.3, -0.25) is 14.2 Å². The largest absolute Gasteiger partial charge is 0.467 e. The van der Waals surface area contributed by atoms with Gasteiger partial charge in [0.15, 0.2) is 20.1 Å². The number of imidazole rings is 1. The second kappa shape index (κ2) is 13.8. The topological polar surface area (TPSA) is 117 Å². The van der Waals surface area contributed by atoms with E-state index in [4.69, 9.17) is 54.7 Å². The summed E-state index contributed by atoms with van der Waals surface area (Å²) in [6.07, 6.45) is 6.07. The lowest BCUT2D eigenvalue weighted by molar-refractivity contribution is 0.00686.